The maximum Gasteiger partial charge on any atom is 0.335 e. The SMILES string of the molecule is Cc1cc(C(=O)O)cc(C(=O)NCC(C)(O)CCC(C)C)c1. The molecule has 0 heterocycles. The van der Waals surface area contributed by atoms with Crippen LogP contribution in [-0.4, -0.2) is 34.2 Å². The average molecular weight is 307 g/mol. The second kappa shape index (κ2) is 7.40. The molecule has 1 aromatic carbocycles. The molecule has 0 aliphatic carbocycles. The molecule has 5 nitrogen and oxygen atoms in total. The Labute approximate surface area is 131 Å². The highest BCUT2D eigenvalue weighted by molar-refractivity contribution is 5.97. The summed E-state index contributed by atoms with van der Waals surface area (Å²) in [6.45, 7) is 7.72. The van der Waals surface area contributed by atoms with Gasteiger partial charge in [0.05, 0.1) is 11.2 Å². The molecule has 0 aliphatic rings. The molecule has 1 aromatic rings. The lowest BCUT2D eigenvalue weighted by atomic mass is 9.95. The van der Waals surface area contributed by atoms with Crippen molar-refractivity contribution >= 4 is 11.9 Å². The summed E-state index contributed by atoms with van der Waals surface area (Å²) in [7, 11) is 0. The van der Waals surface area contributed by atoms with E-state index in [0.29, 0.717) is 17.9 Å². The molecule has 5 heteroatoms. The number of carboxylic acids is 1. The first-order chi connectivity index (χ1) is 10.1. The molecule has 0 saturated carbocycles. The largest absolute Gasteiger partial charge is 0.478 e. The molecule has 3 N–H and O–H groups in total. The predicted octanol–water partition coefficient (Wildman–Crippen LogP) is 2.61. The molecule has 22 heavy (non-hydrogen) atoms. The van der Waals surface area contributed by atoms with Gasteiger partial charge in [-0.3, -0.25) is 4.79 Å². The molecule has 122 valence electrons. The molecule has 0 bridgehead atoms. The Morgan fingerprint density at radius 2 is 1.82 bits per heavy atom. The Morgan fingerprint density at radius 1 is 1.23 bits per heavy atom. The van der Waals surface area contributed by atoms with Crippen LogP contribution in [-0.2, 0) is 0 Å². The van der Waals surface area contributed by atoms with Gasteiger partial charge in [0.25, 0.3) is 5.91 Å². The van der Waals surface area contributed by atoms with Crippen molar-refractivity contribution in [3.05, 3.63) is 34.9 Å². The van der Waals surface area contributed by atoms with Crippen molar-refractivity contribution in [1.29, 1.82) is 0 Å². The number of nitrogens with one attached hydrogen (secondary N) is 1. The van der Waals surface area contributed by atoms with Crippen molar-refractivity contribution in [3.8, 4) is 0 Å². The van der Waals surface area contributed by atoms with Crippen LogP contribution in [0, 0.1) is 12.8 Å². The molecule has 1 unspecified atom stereocenters. The number of carbonyl (C=O) groups is 2. The zero-order valence-electron chi connectivity index (χ0n) is 13.6. The number of rotatable bonds is 7. The standard InChI is InChI=1S/C17H25NO4/c1-11(2)5-6-17(4,22)10-18-15(19)13-7-12(3)8-14(9-13)16(20)21/h7-9,11,22H,5-6,10H2,1-4H3,(H,18,19)(H,20,21). The highest BCUT2D eigenvalue weighted by atomic mass is 16.4. The zero-order valence-corrected chi connectivity index (χ0v) is 13.6. The molecule has 1 rings (SSSR count). The lowest BCUT2D eigenvalue weighted by molar-refractivity contribution is 0.0429. The minimum atomic E-state index is -1.07. The van der Waals surface area contributed by atoms with Crippen molar-refractivity contribution in [3.63, 3.8) is 0 Å². The first-order valence-electron chi connectivity index (χ1n) is 7.46. The van der Waals surface area contributed by atoms with E-state index in [1.807, 2.05) is 0 Å². The molecule has 0 saturated heterocycles. The summed E-state index contributed by atoms with van der Waals surface area (Å²) in [6, 6.07) is 4.48. The number of amides is 1. The van der Waals surface area contributed by atoms with E-state index in [9.17, 15) is 14.7 Å². The first-order valence-corrected chi connectivity index (χ1v) is 7.46. The summed E-state index contributed by atoms with van der Waals surface area (Å²) < 4.78 is 0. The van der Waals surface area contributed by atoms with Crippen LogP contribution in [0.25, 0.3) is 0 Å². The summed E-state index contributed by atoms with van der Waals surface area (Å²) in [5.41, 5.74) is 0.102. The van der Waals surface area contributed by atoms with Gasteiger partial charge in [-0.2, -0.15) is 0 Å². The zero-order chi connectivity index (χ0) is 16.9. The van der Waals surface area contributed by atoms with Crippen molar-refractivity contribution < 1.29 is 19.8 Å². The fourth-order valence-electron chi connectivity index (χ4n) is 2.10. The Balaban J connectivity index is 2.71. The third kappa shape index (κ3) is 5.85. The lowest BCUT2D eigenvalue weighted by Crippen LogP contribution is -2.40. The third-order valence-corrected chi connectivity index (χ3v) is 3.48. The minimum absolute atomic E-state index is 0.0803. The van der Waals surface area contributed by atoms with Crippen LogP contribution in [0.5, 0.6) is 0 Å². The van der Waals surface area contributed by atoms with E-state index in [1.165, 1.54) is 12.1 Å². The van der Waals surface area contributed by atoms with E-state index >= 15 is 0 Å². The average Bonchev–Trinajstić information content (AvgIpc) is 2.42. The van der Waals surface area contributed by atoms with Crippen molar-refractivity contribution in [1.82, 2.24) is 5.32 Å². The van der Waals surface area contributed by atoms with Crippen LogP contribution in [0.1, 0.15) is 59.9 Å². The van der Waals surface area contributed by atoms with E-state index in [1.54, 1.807) is 19.9 Å². The van der Waals surface area contributed by atoms with E-state index < -0.39 is 11.6 Å². The monoisotopic (exact) mass is 307 g/mol. The van der Waals surface area contributed by atoms with Crippen LogP contribution in [0.3, 0.4) is 0 Å². The number of aryl methyl sites for hydroxylation is 1. The molecule has 1 atom stereocenters. The number of hydrogen-bond acceptors (Lipinski definition) is 3. The summed E-state index contributed by atoms with van der Waals surface area (Å²) >= 11 is 0. The molecule has 0 radical (unpaired) electrons. The molecule has 1 amide bonds. The number of benzene rings is 1. The van der Waals surface area contributed by atoms with E-state index in [2.05, 4.69) is 19.2 Å². The fourth-order valence-corrected chi connectivity index (χ4v) is 2.10. The van der Waals surface area contributed by atoms with Gasteiger partial charge in [-0.15, -0.1) is 0 Å². The van der Waals surface area contributed by atoms with E-state index in [4.69, 9.17) is 5.11 Å². The number of aromatic carboxylic acids is 1. The lowest BCUT2D eigenvalue weighted by Gasteiger charge is -2.24. The summed E-state index contributed by atoms with van der Waals surface area (Å²) in [5.74, 6) is -0.963. The quantitative estimate of drug-likeness (QED) is 0.722. The van der Waals surface area contributed by atoms with Gasteiger partial charge in [-0.05, 0) is 56.4 Å². The molecule has 0 spiro atoms. The van der Waals surface area contributed by atoms with Gasteiger partial charge in [0.1, 0.15) is 0 Å². The molecular formula is C17H25NO4. The number of hydrogen-bond donors (Lipinski definition) is 3. The van der Waals surface area contributed by atoms with Gasteiger partial charge in [0.15, 0.2) is 0 Å². The van der Waals surface area contributed by atoms with Gasteiger partial charge >= 0.3 is 5.97 Å². The van der Waals surface area contributed by atoms with Gasteiger partial charge in [0.2, 0.25) is 0 Å². The van der Waals surface area contributed by atoms with Crippen molar-refractivity contribution in [2.45, 2.75) is 46.1 Å². The predicted molar refractivity (Wildman–Crippen MR) is 85.2 cm³/mol. The Hall–Kier alpha value is -1.88. The van der Waals surface area contributed by atoms with Crippen LogP contribution < -0.4 is 5.32 Å². The minimum Gasteiger partial charge on any atom is -0.478 e. The number of carbonyl (C=O) groups excluding carboxylic acids is 1. The summed E-state index contributed by atoms with van der Waals surface area (Å²) in [5, 5.41) is 21.9. The topological polar surface area (TPSA) is 86.6 Å². The second-order valence-corrected chi connectivity index (χ2v) is 6.51. The van der Waals surface area contributed by atoms with Crippen LogP contribution in [0.4, 0.5) is 0 Å². The maximum absolute atomic E-state index is 12.1. The molecule has 0 aromatic heterocycles. The van der Waals surface area contributed by atoms with E-state index in [-0.39, 0.29) is 23.6 Å². The maximum atomic E-state index is 12.1. The van der Waals surface area contributed by atoms with Gasteiger partial charge < -0.3 is 15.5 Å². The van der Waals surface area contributed by atoms with E-state index in [0.717, 1.165) is 6.42 Å². The molecule has 0 aliphatic heterocycles. The number of carboxylic acid groups (broad SMARTS) is 1. The summed E-state index contributed by atoms with van der Waals surface area (Å²) in [4.78, 5) is 23.2. The fraction of sp³-hybridized carbons (Fsp3) is 0.529. The Bertz CT molecular complexity index is 550. The second-order valence-electron chi connectivity index (χ2n) is 6.51. The highest BCUT2D eigenvalue weighted by Crippen LogP contribution is 2.16. The van der Waals surface area contributed by atoms with Gasteiger partial charge in [-0.25, -0.2) is 4.79 Å². The van der Waals surface area contributed by atoms with Crippen molar-refractivity contribution in [2.75, 3.05) is 6.54 Å². The van der Waals surface area contributed by atoms with Crippen LogP contribution in [0.2, 0.25) is 0 Å². The molecular weight excluding hydrogens is 282 g/mol. The first kappa shape index (κ1) is 18.2. The normalized spacial score (nSPS) is 13.7. The molecule has 0 fully saturated rings. The Morgan fingerprint density at radius 3 is 2.36 bits per heavy atom. The van der Waals surface area contributed by atoms with Gasteiger partial charge in [0, 0.05) is 12.1 Å². The smallest absolute Gasteiger partial charge is 0.335 e. The van der Waals surface area contributed by atoms with Crippen LogP contribution in [0.15, 0.2) is 18.2 Å². The van der Waals surface area contributed by atoms with Crippen LogP contribution >= 0.6 is 0 Å². The van der Waals surface area contributed by atoms with Gasteiger partial charge in [-0.1, -0.05) is 13.8 Å². The van der Waals surface area contributed by atoms with Crippen molar-refractivity contribution in [2.24, 2.45) is 5.92 Å². The number of aliphatic hydroxyl groups is 1. The highest BCUT2D eigenvalue weighted by Gasteiger charge is 2.22. The third-order valence-electron chi connectivity index (χ3n) is 3.48. The summed E-state index contributed by atoms with van der Waals surface area (Å²) in [6.07, 6.45) is 1.47. The Kier molecular flexibility index (Phi) is 6.11.